The molecular formula is C14H28N2. The zero-order valence-electron chi connectivity index (χ0n) is 11.3. The van der Waals surface area contributed by atoms with Gasteiger partial charge in [0.15, 0.2) is 0 Å². The molecule has 1 rings (SSSR count). The molecule has 1 unspecified atom stereocenters. The highest BCUT2D eigenvalue weighted by molar-refractivity contribution is 4.94. The van der Waals surface area contributed by atoms with E-state index >= 15 is 0 Å². The standard InChI is InChI=1S/C14H28N2/c1-5-6-9-13(2)15-12-14(16(3)4)10-7-8-11-14/h5,13,15H,1,6-12H2,2-4H3. The van der Waals surface area contributed by atoms with Crippen molar-refractivity contribution < 1.29 is 0 Å². The van der Waals surface area contributed by atoms with E-state index in [1.807, 2.05) is 6.08 Å². The van der Waals surface area contributed by atoms with Gasteiger partial charge < -0.3 is 10.2 Å². The van der Waals surface area contributed by atoms with Gasteiger partial charge in [-0.3, -0.25) is 0 Å². The van der Waals surface area contributed by atoms with E-state index in [0.29, 0.717) is 11.6 Å². The highest BCUT2D eigenvalue weighted by Gasteiger charge is 2.35. The van der Waals surface area contributed by atoms with Crippen LogP contribution in [-0.4, -0.2) is 37.1 Å². The van der Waals surface area contributed by atoms with Gasteiger partial charge in [0.2, 0.25) is 0 Å². The SMILES string of the molecule is C=CCCC(C)NCC1(N(C)C)CCCC1. The van der Waals surface area contributed by atoms with Crippen molar-refractivity contribution in [3.63, 3.8) is 0 Å². The van der Waals surface area contributed by atoms with Gasteiger partial charge in [0.05, 0.1) is 0 Å². The van der Waals surface area contributed by atoms with Crippen LogP contribution in [0.15, 0.2) is 12.7 Å². The molecule has 0 amide bonds. The number of hydrogen-bond donors (Lipinski definition) is 1. The van der Waals surface area contributed by atoms with Crippen LogP contribution >= 0.6 is 0 Å². The second-order valence-corrected chi connectivity index (χ2v) is 5.47. The lowest BCUT2D eigenvalue weighted by atomic mass is 9.95. The van der Waals surface area contributed by atoms with Gasteiger partial charge in [0.25, 0.3) is 0 Å². The second kappa shape index (κ2) is 6.41. The topological polar surface area (TPSA) is 15.3 Å². The number of likely N-dealkylation sites (N-methyl/N-ethyl adjacent to an activating group) is 1. The number of nitrogens with zero attached hydrogens (tertiary/aromatic N) is 1. The predicted molar refractivity (Wildman–Crippen MR) is 71.8 cm³/mol. The van der Waals surface area contributed by atoms with E-state index in [-0.39, 0.29) is 0 Å². The van der Waals surface area contributed by atoms with Gasteiger partial charge in [-0.1, -0.05) is 18.9 Å². The van der Waals surface area contributed by atoms with Crippen LogP contribution in [0.3, 0.4) is 0 Å². The normalized spacial score (nSPS) is 21.2. The average molecular weight is 224 g/mol. The molecule has 0 heterocycles. The Hall–Kier alpha value is -0.340. The van der Waals surface area contributed by atoms with E-state index < -0.39 is 0 Å². The molecule has 1 atom stereocenters. The number of rotatable bonds is 7. The molecule has 1 N–H and O–H groups in total. The molecule has 1 fully saturated rings. The minimum absolute atomic E-state index is 0.419. The van der Waals surface area contributed by atoms with Crippen molar-refractivity contribution in [1.29, 1.82) is 0 Å². The summed E-state index contributed by atoms with van der Waals surface area (Å²) >= 11 is 0. The first-order valence-corrected chi connectivity index (χ1v) is 6.62. The molecule has 0 aliphatic heterocycles. The Bertz CT molecular complexity index is 205. The summed E-state index contributed by atoms with van der Waals surface area (Å²) in [4.78, 5) is 2.42. The zero-order chi connectivity index (χ0) is 12.0. The van der Waals surface area contributed by atoms with Gasteiger partial charge in [0.1, 0.15) is 0 Å². The van der Waals surface area contributed by atoms with Crippen molar-refractivity contribution in [2.45, 2.75) is 57.0 Å². The fourth-order valence-corrected chi connectivity index (χ4v) is 2.65. The molecule has 1 aliphatic carbocycles. The maximum absolute atomic E-state index is 3.78. The third kappa shape index (κ3) is 3.60. The first-order chi connectivity index (χ1) is 7.60. The molecule has 1 aliphatic rings. The minimum Gasteiger partial charge on any atom is -0.312 e. The molecule has 16 heavy (non-hydrogen) atoms. The fourth-order valence-electron chi connectivity index (χ4n) is 2.65. The largest absolute Gasteiger partial charge is 0.312 e. The molecule has 2 nitrogen and oxygen atoms in total. The summed E-state index contributed by atoms with van der Waals surface area (Å²) in [6.45, 7) is 7.19. The lowest BCUT2D eigenvalue weighted by molar-refractivity contribution is 0.149. The molecule has 0 aromatic heterocycles. The van der Waals surface area contributed by atoms with Crippen LogP contribution in [0.2, 0.25) is 0 Å². The van der Waals surface area contributed by atoms with Crippen molar-refractivity contribution in [2.24, 2.45) is 0 Å². The van der Waals surface area contributed by atoms with E-state index in [1.54, 1.807) is 0 Å². The Morgan fingerprint density at radius 3 is 2.50 bits per heavy atom. The van der Waals surface area contributed by atoms with Crippen LogP contribution in [0.5, 0.6) is 0 Å². The summed E-state index contributed by atoms with van der Waals surface area (Å²) in [5.41, 5.74) is 0.419. The maximum atomic E-state index is 3.78. The second-order valence-electron chi connectivity index (χ2n) is 5.47. The number of allylic oxidation sites excluding steroid dienone is 1. The van der Waals surface area contributed by atoms with Crippen molar-refractivity contribution in [2.75, 3.05) is 20.6 Å². The Balaban J connectivity index is 2.35. The lowest BCUT2D eigenvalue weighted by Gasteiger charge is -2.37. The first kappa shape index (κ1) is 13.7. The molecule has 2 heteroatoms. The molecule has 1 saturated carbocycles. The number of nitrogens with one attached hydrogen (secondary N) is 1. The van der Waals surface area contributed by atoms with Crippen molar-refractivity contribution in [1.82, 2.24) is 10.2 Å². The molecule has 0 aromatic rings. The van der Waals surface area contributed by atoms with Gasteiger partial charge in [-0.2, -0.15) is 0 Å². The highest BCUT2D eigenvalue weighted by Crippen LogP contribution is 2.33. The molecule has 0 radical (unpaired) electrons. The van der Waals surface area contributed by atoms with E-state index in [1.165, 1.54) is 32.1 Å². The summed E-state index contributed by atoms with van der Waals surface area (Å²) in [7, 11) is 4.45. The van der Waals surface area contributed by atoms with Crippen LogP contribution in [-0.2, 0) is 0 Å². The Kier molecular flexibility index (Phi) is 5.50. The summed E-state index contributed by atoms with van der Waals surface area (Å²) < 4.78 is 0. The molecule has 0 spiro atoms. The molecular weight excluding hydrogens is 196 g/mol. The predicted octanol–water partition coefficient (Wildman–Crippen LogP) is 2.81. The van der Waals surface area contributed by atoms with Gasteiger partial charge in [-0.05, 0) is 46.7 Å². The fraction of sp³-hybridized carbons (Fsp3) is 0.857. The van der Waals surface area contributed by atoms with Crippen LogP contribution in [0, 0.1) is 0 Å². The maximum Gasteiger partial charge on any atom is 0.0327 e. The van der Waals surface area contributed by atoms with Crippen molar-refractivity contribution in [3.8, 4) is 0 Å². The summed E-state index contributed by atoms with van der Waals surface area (Å²) in [6.07, 6.45) is 9.80. The van der Waals surface area contributed by atoms with Crippen LogP contribution < -0.4 is 5.32 Å². The van der Waals surface area contributed by atoms with E-state index in [9.17, 15) is 0 Å². The van der Waals surface area contributed by atoms with Gasteiger partial charge in [-0.25, -0.2) is 0 Å². The van der Waals surface area contributed by atoms with Gasteiger partial charge in [0, 0.05) is 18.1 Å². The average Bonchev–Trinajstić information content (AvgIpc) is 2.73. The van der Waals surface area contributed by atoms with E-state index in [2.05, 4.69) is 37.8 Å². The summed E-state index contributed by atoms with van der Waals surface area (Å²) in [6, 6.07) is 0.607. The Morgan fingerprint density at radius 1 is 1.38 bits per heavy atom. The highest BCUT2D eigenvalue weighted by atomic mass is 15.2. The van der Waals surface area contributed by atoms with Gasteiger partial charge in [-0.15, -0.1) is 6.58 Å². The monoisotopic (exact) mass is 224 g/mol. The quantitative estimate of drug-likeness (QED) is 0.669. The lowest BCUT2D eigenvalue weighted by Crippen LogP contribution is -2.51. The van der Waals surface area contributed by atoms with Crippen LogP contribution in [0.4, 0.5) is 0 Å². The number of hydrogen-bond acceptors (Lipinski definition) is 2. The van der Waals surface area contributed by atoms with Gasteiger partial charge >= 0.3 is 0 Å². The Morgan fingerprint density at radius 2 is 2.00 bits per heavy atom. The molecule has 94 valence electrons. The molecule has 0 bridgehead atoms. The van der Waals surface area contributed by atoms with Crippen molar-refractivity contribution in [3.05, 3.63) is 12.7 Å². The summed E-state index contributed by atoms with van der Waals surface area (Å²) in [5, 5.41) is 3.69. The zero-order valence-corrected chi connectivity index (χ0v) is 11.3. The molecule has 0 aromatic carbocycles. The minimum atomic E-state index is 0.419. The third-order valence-electron chi connectivity index (χ3n) is 4.07. The smallest absolute Gasteiger partial charge is 0.0327 e. The first-order valence-electron chi connectivity index (χ1n) is 6.62. The third-order valence-corrected chi connectivity index (χ3v) is 4.07. The van der Waals surface area contributed by atoms with Crippen molar-refractivity contribution >= 4 is 0 Å². The molecule has 0 saturated heterocycles. The van der Waals surface area contributed by atoms with Crippen LogP contribution in [0.25, 0.3) is 0 Å². The summed E-state index contributed by atoms with van der Waals surface area (Å²) in [5.74, 6) is 0. The Labute approximate surface area is 101 Å². The van der Waals surface area contributed by atoms with E-state index in [4.69, 9.17) is 0 Å². The van der Waals surface area contributed by atoms with Crippen LogP contribution in [0.1, 0.15) is 45.4 Å². The van der Waals surface area contributed by atoms with E-state index in [0.717, 1.165) is 13.0 Å².